The molecule has 2 heterocycles. The van der Waals surface area contributed by atoms with Crippen LogP contribution in [0.4, 0.5) is 5.82 Å². The number of anilines is 1. The molecule has 5 nitrogen and oxygen atoms in total. The minimum atomic E-state index is 0.0772. The Hall–Kier alpha value is -2.01. The molecule has 0 bridgehead atoms. The van der Waals surface area contributed by atoms with E-state index in [0.717, 1.165) is 11.3 Å². The summed E-state index contributed by atoms with van der Waals surface area (Å²) in [5, 5.41) is 19.7. The van der Waals surface area contributed by atoms with Gasteiger partial charge >= 0.3 is 0 Å². The zero-order chi connectivity index (χ0) is 11.2. The van der Waals surface area contributed by atoms with Crippen LogP contribution in [0.15, 0.2) is 36.7 Å². The quantitative estimate of drug-likeness (QED) is 0.796. The van der Waals surface area contributed by atoms with E-state index in [-0.39, 0.29) is 6.61 Å². The fourth-order valence-electron chi connectivity index (χ4n) is 1.29. The summed E-state index contributed by atoms with van der Waals surface area (Å²) in [6.45, 7) is 0.553. The average molecular weight is 216 g/mol. The van der Waals surface area contributed by atoms with Gasteiger partial charge in [-0.05, 0) is 24.3 Å². The molecule has 2 aromatic rings. The monoisotopic (exact) mass is 216 g/mol. The molecule has 0 aromatic carbocycles. The summed E-state index contributed by atoms with van der Waals surface area (Å²) in [6.07, 6.45) is 3.43. The van der Waals surface area contributed by atoms with E-state index in [1.54, 1.807) is 12.4 Å². The van der Waals surface area contributed by atoms with E-state index >= 15 is 0 Å². The molecule has 2 N–H and O–H groups in total. The van der Waals surface area contributed by atoms with Crippen molar-refractivity contribution in [2.24, 2.45) is 0 Å². The van der Waals surface area contributed by atoms with Crippen molar-refractivity contribution in [3.05, 3.63) is 36.7 Å². The van der Waals surface area contributed by atoms with Crippen molar-refractivity contribution < 1.29 is 5.11 Å². The first kappa shape index (κ1) is 10.5. The molecule has 2 rings (SSSR count). The van der Waals surface area contributed by atoms with E-state index in [1.165, 1.54) is 0 Å². The van der Waals surface area contributed by atoms with Crippen molar-refractivity contribution in [2.75, 3.05) is 18.5 Å². The number of hydrogen-bond donors (Lipinski definition) is 2. The highest BCUT2D eigenvalue weighted by Crippen LogP contribution is 2.15. The first-order valence-corrected chi connectivity index (χ1v) is 4.99. The molecule has 0 aliphatic carbocycles. The molecule has 0 saturated carbocycles. The zero-order valence-corrected chi connectivity index (χ0v) is 8.67. The SMILES string of the molecule is OCCNc1ccc(-c2ccncc2)nn1. The number of aliphatic hydroxyl groups excluding tert-OH is 1. The Bertz CT molecular complexity index is 429. The fourth-order valence-corrected chi connectivity index (χ4v) is 1.29. The van der Waals surface area contributed by atoms with Crippen LogP contribution in [0.2, 0.25) is 0 Å². The van der Waals surface area contributed by atoms with Gasteiger partial charge in [-0.1, -0.05) is 0 Å². The molecule has 5 heteroatoms. The van der Waals surface area contributed by atoms with Crippen LogP contribution >= 0.6 is 0 Å². The average Bonchev–Trinajstić information content (AvgIpc) is 2.38. The Morgan fingerprint density at radius 2 is 1.88 bits per heavy atom. The summed E-state index contributed by atoms with van der Waals surface area (Å²) in [7, 11) is 0. The van der Waals surface area contributed by atoms with Crippen molar-refractivity contribution in [1.82, 2.24) is 15.2 Å². The zero-order valence-electron chi connectivity index (χ0n) is 8.67. The van der Waals surface area contributed by atoms with Gasteiger partial charge in [-0.25, -0.2) is 0 Å². The Morgan fingerprint density at radius 1 is 1.06 bits per heavy atom. The molecule has 0 fully saturated rings. The van der Waals surface area contributed by atoms with E-state index < -0.39 is 0 Å². The van der Waals surface area contributed by atoms with Crippen LogP contribution in [0.25, 0.3) is 11.3 Å². The summed E-state index contributed by atoms with van der Waals surface area (Å²) in [4.78, 5) is 3.94. The second-order valence-electron chi connectivity index (χ2n) is 3.19. The van der Waals surface area contributed by atoms with Crippen molar-refractivity contribution in [1.29, 1.82) is 0 Å². The number of hydrogen-bond acceptors (Lipinski definition) is 5. The lowest BCUT2D eigenvalue weighted by Gasteiger charge is -2.03. The molecule has 0 radical (unpaired) electrons. The summed E-state index contributed by atoms with van der Waals surface area (Å²) < 4.78 is 0. The molecule has 82 valence electrons. The fraction of sp³-hybridized carbons (Fsp3) is 0.182. The number of nitrogens with one attached hydrogen (secondary N) is 1. The van der Waals surface area contributed by atoms with Crippen LogP contribution in [0, 0.1) is 0 Å². The van der Waals surface area contributed by atoms with Crippen LogP contribution in [-0.4, -0.2) is 33.4 Å². The molecular formula is C11H12N4O. The Labute approximate surface area is 93.2 Å². The highest BCUT2D eigenvalue weighted by atomic mass is 16.3. The van der Waals surface area contributed by atoms with E-state index in [4.69, 9.17) is 5.11 Å². The maximum atomic E-state index is 8.64. The lowest BCUT2D eigenvalue weighted by Crippen LogP contribution is -2.07. The molecule has 0 unspecified atom stereocenters. The van der Waals surface area contributed by atoms with Gasteiger partial charge in [-0.2, -0.15) is 0 Å². The van der Waals surface area contributed by atoms with Gasteiger partial charge in [0.05, 0.1) is 12.3 Å². The maximum absolute atomic E-state index is 8.64. The molecule has 0 aliphatic rings. The van der Waals surface area contributed by atoms with Gasteiger partial charge < -0.3 is 10.4 Å². The molecular weight excluding hydrogens is 204 g/mol. The van der Waals surface area contributed by atoms with Gasteiger partial charge in [0, 0.05) is 24.5 Å². The number of pyridine rings is 1. The first-order chi connectivity index (χ1) is 7.90. The molecule has 0 aliphatic heterocycles. The number of rotatable bonds is 4. The predicted octanol–water partition coefficient (Wildman–Crippen LogP) is 0.943. The Balaban J connectivity index is 2.13. The molecule has 0 saturated heterocycles. The largest absolute Gasteiger partial charge is 0.395 e. The van der Waals surface area contributed by atoms with Gasteiger partial charge in [0.2, 0.25) is 0 Å². The third-order valence-corrected chi connectivity index (χ3v) is 2.06. The third kappa shape index (κ3) is 2.52. The van der Waals surface area contributed by atoms with Crippen molar-refractivity contribution in [3.8, 4) is 11.3 Å². The first-order valence-electron chi connectivity index (χ1n) is 4.99. The lowest BCUT2D eigenvalue weighted by molar-refractivity contribution is 0.311. The van der Waals surface area contributed by atoms with Crippen molar-refractivity contribution in [2.45, 2.75) is 0 Å². The Kier molecular flexibility index (Phi) is 3.40. The summed E-state index contributed by atoms with van der Waals surface area (Å²) in [5.41, 5.74) is 1.79. The van der Waals surface area contributed by atoms with Crippen LogP contribution in [-0.2, 0) is 0 Å². The topological polar surface area (TPSA) is 70.9 Å². The second-order valence-corrected chi connectivity index (χ2v) is 3.19. The van der Waals surface area contributed by atoms with Crippen LogP contribution in [0.3, 0.4) is 0 Å². The van der Waals surface area contributed by atoms with E-state index in [9.17, 15) is 0 Å². The van der Waals surface area contributed by atoms with Crippen molar-refractivity contribution in [3.63, 3.8) is 0 Å². The van der Waals surface area contributed by atoms with Gasteiger partial charge in [0.1, 0.15) is 5.82 Å². The van der Waals surface area contributed by atoms with E-state index in [1.807, 2.05) is 24.3 Å². The summed E-state index contributed by atoms with van der Waals surface area (Å²) in [5.74, 6) is 0.659. The number of aromatic nitrogens is 3. The standard InChI is InChI=1S/C11H12N4O/c16-8-7-13-11-2-1-10(14-15-11)9-3-5-12-6-4-9/h1-6,16H,7-8H2,(H,13,15). The molecule has 16 heavy (non-hydrogen) atoms. The minimum Gasteiger partial charge on any atom is -0.395 e. The van der Waals surface area contributed by atoms with Gasteiger partial charge in [0.15, 0.2) is 0 Å². The molecule has 0 amide bonds. The smallest absolute Gasteiger partial charge is 0.148 e. The summed E-state index contributed by atoms with van der Waals surface area (Å²) in [6, 6.07) is 7.47. The predicted molar refractivity (Wildman–Crippen MR) is 60.8 cm³/mol. The number of aliphatic hydroxyl groups is 1. The summed E-state index contributed by atoms with van der Waals surface area (Å²) >= 11 is 0. The van der Waals surface area contributed by atoms with E-state index in [2.05, 4.69) is 20.5 Å². The normalized spacial score (nSPS) is 10.1. The minimum absolute atomic E-state index is 0.0772. The highest BCUT2D eigenvalue weighted by Gasteiger charge is 1.99. The maximum Gasteiger partial charge on any atom is 0.148 e. The molecule has 0 spiro atoms. The van der Waals surface area contributed by atoms with Gasteiger partial charge in [-0.3, -0.25) is 4.98 Å². The van der Waals surface area contributed by atoms with E-state index in [0.29, 0.717) is 12.4 Å². The third-order valence-electron chi connectivity index (χ3n) is 2.06. The second kappa shape index (κ2) is 5.18. The molecule has 2 aromatic heterocycles. The van der Waals surface area contributed by atoms with Gasteiger partial charge in [0.25, 0.3) is 0 Å². The van der Waals surface area contributed by atoms with Gasteiger partial charge in [-0.15, -0.1) is 10.2 Å². The number of nitrogens with zero attached hydrogens (tertiary/aromatic N) is 3. The van der Waals surface area contributed by atoms with Crippen LogP contribution in [0.1, 0.15) is 0 Å². The van der Waals surface area contributed by atoms with Crippen molar-refractivity contribution >= 4 is 5.82 Å². The Morgan fingerprint density at radius 3 is 2.50 bits per heavy atom. The lowest BCUT2D eigenvalue weighted by atomic mass is 10.2. The highest BCUT2D eigenvalue weighted by molar-refractivity contribution is 5.58. The molecule has 0 atom stereocenters. The van der Waals surface area contributed by atoms with Crippen LogP contribution < -0.4 is 5.32 Å². The van der Waals surface area contributed by atoms with Crippen LogP contribution in [0.5, 0.6) is 0 Å².